The SMILES string of the molecule is O=C(O)C[C@H](CC(=O)NC1CCCCC1)c1ccccc1. The van der Waals surface area contributed by atoms with Crippen LogP contribution >= 0.6 is 0 Å². The fourth-order valence-electron chi connectivity index (χ4n) is 3.00. The molecule has 1 aliphatic carbocycles. The highest BCUT2D eigenvalue weighted by Gasteiger charge is 2.21. The van der Waals surface area contributed by atoms with Crippen LogP contribution in [-0.4, -0.2) is 23.0 Å². The Bertz CT molecular complexity index is 466. The molecule has 1 aliphatic rings. The minimum absolute atomic E-state index is 0.0118. The number of carboxylic acids is 1. The van der Waals surface area contributed by atoms with E-state index in [1.165, 1.54) is 19.3 Å². The fraction of sp³-hybridized carbons (Fsp3) is 0.529. The number of aliphatic carboxylic acids is 1. The van der Waals surface area contributed by atoms with Gasteiger partial charge in [0.2, 0.25) is 5.91 Å². The molecule has 21 heavy (non-hydrogen) atoms. The maximum absolute atomic E-state index is 12.2. The summed E-state index contributed by atoms with van der Waals surface area (Å²) in [6, 6.07) is 9.70. The molecule has 0 radical (unpaired) electrons. The van der Waals surface area contributed by atoms with Crippen LogP contribution in [0.3, 0.4) is 0 Å². The molecule has 114 valence electrons. The Kier molecular flexibility index (Phi) is 5.78. The molecule has 0 aromatic heterocycles. The van der Waals surface area contributed by atoms with Crippen molar-refractivity contribution < 1.29 is 14.7 Å². The van der Waals surface area contributed by atoms with E-state index in [1.807, 2.05) is 30.3 Å². The van der Waals surface area contributed by atoms with Crippen LogP contribution in [-0.2, 0) is 9.59 Å². The molecule has 4 nitrogen and oxygen atoms in total. The molecular weight excluding hydrogens is 266 g/mol. The van der Waals surface area contributed by atoms with Gasteiger partial charge in [-0.25, -0.2) is 0 Å². The van der Waals surface area contributed by atoms with Gasteiger partial charge in [-0.3, -0.25) is 9.59 Å². The molecule has 0 bridgehead atoms. The third-order valence-electron chi connectivity index (χ3n) is 4.09. The van der Waals surface area contributed by atoms with Gasteiger partial charge in [-0.15, -0.1) is 0 Å². The number of carbonyl (C=O) groups is 2. The van der Waals surface area contributed by atoms with Crippen LogP contribution in [0.25, 0.3) is 0 Å². The third-order valence-corrected chi connectivity index (χ3v) is 4.09. The molecule has 1 saturated carbocycles. The highest BCUT2D eigenvalue weighted by atomic mass is 16.4. The maximum atomic E-state index is 12.2. The lowest BCUT2D eigenvalue weighted by atomic mass is 9.91. The van der Waals surface area contributed by atoms with Gasteiger partial charge in [0, 0.05) is 18.4 Å². The Balaban J connectivity index is 1.94. The molecule has 2 rings (SSSR count). The van der Waals surface area contributed by atoms with E-state index in [0.717, 1.165) is 18.4 Å². The minimum atomic E-state index is -0.866. The van der Waals surface area contributed by atoms with Gasteiger partial charge < -0.3 is 10.4 Å². The number of benzene rings is 1. The van der Waals surface area contributed by atoms with Crippen LogP contribution in [0.15, 0.2) is 30.3 Å². The van der Waals surface area contributed by atoms with Crippen molar-refractivity contribution >= 4 is 11.9 Å². The number of rotatable bonds is 6. The molecule has 1 amide bonds. The minimum Gasteiger partial charge on any atom is -0.481 e. The summed E-state index contributed by atoms with van der Waals surface area (Å²) in [5.74, 6) is -1.15. The number of hydrogen-bond acceptors (Lipinski definition) is 2. The summed E-state index contributed by atoms with van der Waals surface area (Å²) in [5, 5.41) is 12.1. The molecule has 4 heteroatoms. The van der Waals surface area contributed by atoms with E-state index in [4.69, 9.17) is 5.11 Å². The van der Waals surface area contributed by atoms with Gasteiger partial charge in [0.15, 0.2) is 0 Å². The second-order valence-corrected chi connectivity index (χ2v) is 5.81. The zero-order chi connectivity index (χ0) is 15.1. The van der Waals surface area contributed by atoms with Crippen molar-refractivity contribution in [1.82, 2.24) is 5.32 Å². The lowest BCUT2D eigenvalue weighted by Gasteiger charge is -2.24. The zero-order valence-corrected chi connectivity index (χ0v) is 12.3. The molecule has 1 aromatic rings. The lowest BCUT2D eigenvalue weighted by Crippen LogP contribution is -2.37. The molecule has 1 aromatic carbocycles. The second kappa shape index (κ2) is 7.81. The normalized spacial score (nSPS) is 17.1. The first kappa shape index (κ1) is 15.5. The van der Waals surface area contributed by atoms with Gasteiger partial charge in [-0.05, 0) is 18.4 Å². The molecule has 1 atom stereocenters. The molecule has 1 fully saturated rings. The summed E-state index contributed by atoms with van der Waals surface area (Å²) >= 11 is 0. The van der Waals surface area contributed by atoms with Gasteiger partial charge in [0.1, 0.15) is 0 Å². The number of carboxylic acid groups (broad SMARTS) is 1. The lowest BCUT2D eigenvalue weighted by molar-refractivity contribution is -0.137. The van der Waals surface area contributed by atoms with Crippen LogP contribution in [0, 0.1) is 0 Å². The summed E-state index contributed by atoms with van der Waals surface area (Å²) < 4.78 is 0. The second-order valence-electron chi connectivity index (χ2n) is 5.81. The fourth-order valence-corrected chi connectivity index (χ4v) is 3.00. The summed E-state index contributed by atoms with van der Waals surface area (Å²) in [6.45, 7) is 0. The Morgan fingerprint density at radius 3 is 2.38 bits per heavy atom. The average molecular weight is 289 g/mol. The topological polar surface area (TPSA) is 66.4 Å². The zero-order valence-electron chi connectivity index (χ0n) is 12.3. The molecular formula is C17H23NO3. The van der Waals surface area contributed by atoms with Gasteiger partial charge in [0.05, 0.1) is 6.42 Å². The smallest absolute Gasteiger partial charge is 0.303 e. The summed E-state index contributed by atoms with van der Waals surface area (Å²) in [4.78, 5) is 23.2. The summed E-state index contributed by atoms with van der Waals surface area (Å²) in [6.07, 6.45) is 5.90. The molecule has 0 spiro atoms. The number of hydrogen-bond donors (Lipinski definition) is 2. The first-order chi connectivity index (χ1) is 10.1. The summed E-state index contributed by atoms with van der Waals surface area (Å²) in [7, 11) is 0. The molecule has 2 N–H and O–H groups in total. The predicted molar refractivity (Wildman–Crippen MR) is 81.1 cm³/mol. The van der Waals surface area contributed by atoms with E-state index >= 15 is 0 Å². The molecule has 0 heterocycles. The first-order valence-electron chi connectivity index (χ1n) is 7.71. The predicted octanol–water partition coefficient (Wildman–Crippen LogP) is 3.08. The van der Waals surface area contributed by atoms with Crippen molar-refractivity contribution in [2.75, 3.05) is 0 Å². The van der Waals surface area contributed by atoms with Crippen molar-refractivity contribution in [3.05, 3.63) is 35.9 Å². The number of carbonyl (C=O) groups excluding carboxylic acids is 1. The standard InChI is InChI=1S/C17H23NO3/c19-16(18-15-9-5-2-6-10-15)11-14(12-17(20)21)13-7-3-1-4-8-13/h1,3-4,7-8,14-15H,2,5-6,9-12H2,(H,18,19)(H,20,21)/t14-/m0/s1. The van der Waals surface area contributed by atoms with Crippen molar-refractivity contribution in [2.45, 2.75) is 56.9 Å². The van der Waals surface area contributed by atoms with Gasteiger partial charge >= 0.3 is 5.97 Å². The monoisotopic (exact) mass is 289 g/mol. The highest BCUT2D eigenvalue weighted by Crippen LogP contribution is 2.24. The Labute approximate surface area is 125 Å². The van der Waals surface area contributed by atoms with Crippen LogP contribution in [0.1, 0.15) is 56.4 Å². The molecule has 0 aliphatic heterocycles. The van der Waals surface area contributed by atoms with E-state index in [0.29, 0.717) is 0 Å². The van der Waals surface area contributed by atoms with Crippen LogP contribution in [0.2, 0.25) is 0 Å². The van der Waals surface area contributed by atoms with Crippen molar-refractivity contribution in [3.8, 4) is 0 Å². The van der Waals surface area contributed by atoms with E-state index in [2.05, 4.69) is 5.32 Å². The average Bonchev–Trinajstić information content (AvgIpc) is 2.48. The van der Waals surface area contributed by atoms with Crippen molar-refractivity contribution in [2.24, 2.45) is 0 Å². The first-order valence-corrected chi connectivity index (χ1v) is 7.71. The van der Waals surface area contributed by atoms with Gasteiger partial charge in [-0.1, -0.05) is 49.6 Å². The third kappa shape index (κ3) is 5.21. The summed E-state index contributed by atoms with van der Waals surface area (Å²) in [5.41, 5.74) is 0.915. The maximum Gasteiger partial charge on any atom is 0.303 e. The number of nitrogens with one attached hydrogen (secondary N) is 1. The van der Waals surface area contributed by atoms with E-state index < -0.39 is 5.97 Å². The van der Waals surface area contributed by atoms with Crippen LogP contribution in [0.4, 0.5) is 0 Å². The Morgan fingerprint density at radius 1 is 1.10 bits per heavy atom. The van der Waals surface area contributed by atoms with Gasteiger partial charge in [0.25, 0.3) is 0 Å². The number of amides is 1. The van der Waals surface area contributed by atoms with Gasteiger partial charge in [-0.2, -0.15) is 0 Å². The quantitative estimate of drug-likeness (QED) is 0.845. The van der Waals surface area contributed by atoms with Crippen LogP contribution in [0.5, 0.6) is 0 Å². The Morgan fingerprint density at radius 2 is 1.76 bits per heavy atom. The van der Waals surface area contributed by atoms with E-state index in [1.54, 1.807) is 0 Å². The van der Waals surface area contributed by atoms with Crippen molar-refractivity contribution in [1.29, 1.82) is 0 Å². The van der Waals surface area contributed by atoms with E-state index in [-0.39, 0.29) is 30.7 Å². The Hall–Kier alpha value is -1.84. The van der Waals surface area contributed by atoms with Crippen molar-refractivity contribution in [3.63, 3.8) is 0 Å². The highest BCUT2D eigenvalue weighted by molar-refractivity contribution is 5.78. The molecule has 0 unspecified atom stereocenters. The largest absolute Gasteiger partial charge is 0.481 e. The van der Waals surface area contributed by atoms with E-state index in [9.17, 15) is 9.59 Å². The van der Waals surface area contributed by atoms with Crippen LogP contribution < -0.4 is 5.32 Å². The molecule has 0 saturated heterocycles.